The van der Waals surface area contributed by atoms with Gasteiger partial charge in [0.05, 0.1) is 4.99 Å². The van der Waals surface area contributed by atoms with Crippen LogP contribution < -0.4 is 0 Å². The molecule has 5 heavy (non-hydrogen) atoms. The van der Waals surface area contributed by atoms with E-state index in [-0.39, 0.29) is 0 Å². The molecule has 0 saturated heterocycles. The smallest absolute Gasteiger partial charge is 0.219 e. The maximum Gasteiger partial charge on any atom is 0.391 e. The summed E-state index contributed by atoms with van der Waals surface area (Å²) in [5.41, 5.74) is 0. The lowest BCUT2D eigenvalue weighted by Crippen LogP contribution is -1.60. The standard InChI is InChI=1S/C2HN2O/c1-3-2-5-4-1/h2H/q+1. The molecule has 0 amide bonds. The third kappa shape index (κ3) is 0.205. The summed E-state index contributed by atoms with van der Waals surface area (Å²) < 4.78 is 0. The van der Waals surface area contributed by atoms with E-state index < -0.39 is 0 Å². The lowest BCUT2D eigenvalue weighted by atomic mass is 11.3. The van der Waals surface area contributed by atoms with E-state index in [1.807, 2.05) is 0 Å². The van der Waals surface area contributed by atoms with Gasteiger partial charge in [0.1, 0.15) is 5.16 Å². The van der Waals surface area contributed by atoms with Gasteiger partial charge in [0.15, 0.2) is 0 Å². The van der Waals surface area contributed by atoms with Crippen molar-refractivity contribution in [1.82, 2.24) is 0 Å². The Hall–Kier alpha value is -0.950. The van der Waals surface area contributed by atoms with Gasteiger partial charge in [-0.3, -0.25) is 0 Å². The second-order valence-corrected chi connectivity index (χ2v) is 0.531. The van der Waals surface area contributed by atoms with Gasteiger partial charge in [-0.05, 0) is 0 Å². The van der Waals surface area contributed by atoms with Gasteiger partial charge >= 0.3 is 12.7 Å². The number of nitrogens with zero attached hydrogens (tertiary/aromatic N) is 2. The fourth-order valence-corrected chi connectivity index (χ4v) is 0.118. The average Bonchev–Trinajstić information content (AvgIpc) is 1.76. The molecule has 1 aliphatic rings. The summed E-state index contributed by atoms with van der Waals surface area (Å²) in [5, 5.41) is 3.11. The molecule has 0 atom stereocenters. The van der Waals surface area contributed by atoms with Crippen LogP contribution in [0.1, 0.15) is 0 Å². The number of rotatable bonds is 0. The Bertz CT molecular complexity index is 65.7. The van der Waals surface area contributed by atoms with Gasteiger partial charge in [0, 0.05) is 0 Å². The molecule has 3 heteroatoms. The zero-order chi connectivity index (χ0) is 3.54. The molecule has 0 aromatic heterocycles. The van der Waals surface area contributed by atoms with Crippen molar-refractivity contribution in [3.05, 3.63) is 0 Å². The van der Waals surface area contributed by atoms with Crippen molar-refractivity contribution in [3.8, 4) is 0 Å². The van der Waals surface area contributed by atoms with Crippen LogP contribution in [0.15, 0.2) is 10.1 Å². The maximum absolute atomic E-state index is 4.17. The molecule has 0 unspecified atom stereocenters. The Kier molecular flexibility index (Phi) is 0.359. The van der Waals surface area contributed by atoms with E-state index in [0.29, 0.717) is 0 Å². The van der Waals surface area contributed by atoms with Gasteiger partial charge in [-0.2, -0.15) is 0 Å². The summed E-state index contributed by atoms with van der Waals surface area (Å²) in [7, 11) is 0. The molecule has 0 bridgehead atoms. The number of hydrogen-bond donors (Lipinski definition) is 0. The minimum atomic E-state index is 1.21. The molecule has 1 aliphatic heterocycles. The monoisotopic (exact) mass is 69.0 g/mol. The first-order valence-corrected chi connectivity index (χ1v) is 1.12. The van der Waals surface area contributed by atoms with Crippen molar-refractivity contribution in [2.75, 3.05) is 0 Å². The van der Waals surface area contributed by atoms with Gasteiger partial charge in [-0.25, -0.2) is 4.84 Å². The zero-order valence-electron chi connectivity index (χ0n) is 2.38. The third-order valence-electron chi connectivity index (χ3n) is 0.251. The van der Waals surface area contributed by atoms with Crippen LogP contribution in [-0.2, 0) is 4.84 Å². The van der Waals surface area contributed by atoms with Crippen LogP contribution in [0.2, 0.25) is 0 Å². The highest BCUT2D eigenvalue weighted by atomic mass is 16.6. The van der Waals surface area contributed by atoms with Crippen LogP contribution in [-0.4, -0.2) is 12.7 Å². The Labute approximate surface area is 29.0 Å². The Morgan fingerprint density at radius 1 is 1.80 bits per heavy atom. The summed E-state index contributed by atoms with van der Waals surface area (Å²) in [6.07, 6.45) is 3.40. The topological polar surface area (TPSA) is 34.0 Å². The van der Waals surface area contributed by atoms with E-state index >= 15 is 0 Å². The largest absolute Gasteiger partial charge is 0.391 e. The third-order valence-corrected chi connectivity index (χ3v) is 0.251. The molecule has 0 fully saturated rings. The summed E-state index contributed by atoms with van der Waals surface area (Å²) in [6, 6.07) is 0. The van der Waals surface area contributed by atoms with Crippen molar-refractivity contribution in [3.63, 3.8) is 0 Å². The van der Waals surface area contributed by atoms with Gasteiger partial charge in [-0.15, -0.1) is 0 Å². The predicted octanol–water partition coefficient (Wildman–Crippen LogP) is -0.135. The van der Waals surface area contributed by atoms with E-state index in [2.05, 4.69) is 21.3 Å². The molecular weight excluding hydrogens is 68.0 g/mol. The Balaban J connectivity index is 2.61. The van der Waals surface area contributed by atoms with Crippen LogP contribution in [0.5, 0.6) is 0 Å². The number of aliphatic imine (C=N–C) groups is 1. The van der Waals surface area contributed by atoms with Gasteiger partial charge < -0.3 is 0 Å². The summed E-state index contributed by atoms with van der Waals surface area (Å²) >= 11 is 0. The molecule has 0 aliphatic carbocycles. The Morgan fingerprint density at radius 2 is 2.80 bits per heavy atom. The van der Waals surface area contributed by atoms with E-state index in [1.165, 1.54) is 6.40 Å². The summed E-state index contributed by atoms with van der Waals surface area (Å²) in [4.78, 5) is 7.49. The van der Waals surface area contributed by atoms with Gasteiger partial charge in [0.2, 0.25) is 0 Å². The van der Waals surface area contributed by atoms with Crippen LogP contribution >= 0.6 is 0 Å². The van der Waals surface area contributed by atoms with E-state index in [9.17, 15) is 0 Å². The van der Waals surface area contributed by atoms with Crippen molar-refractivity contribution >= 4 is 12.7 Å². The molecule has 0 aromatic rings. The van der Waals surface area contributed by atoms with Crippen LogP contribution in [0, 0.1) is 0 Å². The molecular formula is C2HN2O+. The molecule has 0 aromatic carbocycles. The molecule has 0 N–H and O–H groups in total. The fraction of sp³-hybridized carbons (Fsp3) is 0. The maximum atomic E-state index is 4.17. The minimum absolute atomic E-state index is 1.21. The SMILES string of the molecule is [C+]1=NOC=N1. The second-order valence-electron chi connectivity index (χ2n) is 0.531. The average molecular weight is 69.0 g/mol. The first-order valence-electron chi connectivity index (χ1n) is 1.12. The molecule has 1 heterocycles. The van der Waals surface area contributed by atoms with Crippen molar-refractivity contribution < 1.29 is 4.84 Å². The molecule has 0 radical (unpaired) electrons. The fourth-order valence-electron chi connectivity index (χ4n) is 0.118. The van der Waals surface area contributed by atoms with Gasteiger partial charge in [0.25, 0.3) is 0 Å². The van der Waals surface area contributed by atoms with Crippen LogP contribution in [0.3, 0.4) is 0 Å². The van der Waals surface area contributed by atoms with Crippen LogP contribution in [0.4, 0.5) is 0 Å². The first kappa shape index (κ1) is 2.30. The highest BCUT2D eigenvalue weighted by molar-refractivity contribution is 5.70. The minimum Gasteiger partial charge on any atom is -0.219 e. The first-order chi connectivity index (χ1) is 2.50. The molecule has 0 saturated carbocycles. The van der Waals surface area contributed by atoms with E-state index in [4.69, 9.17) is 0 Å². The second kappa shape index (κ2) is 0.781. The lowest BCUT2D eigenvalue weighted by Gasteiger charge is -1.50. The predicted molar refractivity (Wildman–Crippen MR) is 17.0 cm³/mol. The quantitative estimate of drug-likeness (QED) is 0.364. The molecule has 0 spiro atoms. The lowest BCUT2D eigenvalue weighted by molar-refractivity contribution is 0.358. The summed E-state index contributed by atoms with van der Waals surface area (Å²) in [6.45, 7) is 0. The van der Waals surface area contributed by atoms with Gasteiger partial charge in [-0.1, -0.05) is 0 Å². The molecule has 24 valence electrons. The van der Waals surface area contributed by atoms with Crippen molar-refractivity contribution in [2.45, 2.75) is 0 Å². The van der Waals surface area contributed by atoms with Crippen molar-refractivity contribution in [1.29, 1.82) is 0 Å². The highest BCUT2D eigenvalue weighted by Gasteiger charge is 1.92. The Morgan fingerprint density at radius 3 is 3.00 bits per heavy atom. The van der Waals surface area contributed by atoms with Crippen LogP contribution in [0.25, 0.3) is 0 Å². The highest BCUT2D eigenvalue weighted by Crippen LogP contribution is 1.74. The zero-order valence-corrected chi connectivity index (χ0v) is 2.38. The van der Waals surface area contributed by atoms with E-state index in [1.54, 1.807) is 0 Å². The summed E-state index contributed by atoms with van der Waals surface area (Å²) in [5.74, 6) is 0. The number of hydrogen-bond acceptors (Lipinski definition) is 3. The van der Waals surface area contributed by atoms with Crippen molar-refractivity contribution in [2.24, 2.45) is 10.1 Å². The molecule has 3 nitrogen and oxygen atoms in total. The normalized spacial score (nSPS) is 14.4. The van der Waals surface area contributed by atoms with E-state index in [0.717, 1.165) is 0 Å². The molecule has 1 rings (SSSR count).